The summed E-state index contributed by atoms with van der Waals surface area (Å²) in [6.45, 7) is 5.50. The molecule has 0 spiro atoms. The Bertz CT molecular complexity index is 497. The van der Waals surface area contributed by atoms with Crippen LogP contribution < -0.4 is 0 Å². The lowest BCUT2D eigenvalue weighted by Crippen LogP contribution is -2.33. The van der Waals surface area contributed by atoms with Crippen molar-refractivity contribution in [3.8, 4) is 0 Å². The van der Waals surface area contributed by atoms with Gasteiger partial charge in [0.15, 0.2) is 0 Å². The van der Waals surface area contributed by atoms with Crippen LogP contribution in [0.5, 0.6) is 0 Å². The van der Waals surface area contributed by atoms with Crippen LogP contribution in [0.1, 0.15) is 38.9 Å². The summed E-state index contributed by atoms with van der Waals surface area (Å²) in [5, 5.41) is 9.76. The molecule has 0 heterocycles. The third kappa shape index (κ3) is 3.10. The van der Waals surface area contributed by atoms with Gasteiger partial charge in [0.05, 0.1) is 11.0 Å². The largest absolute Gasteiger partial charge is 0.388 e. The molecule has 5 heteroatoms. The second-order valence-electron chi connectivity index (χ2n) is 4.61. The molecule has 0 aliphatic carbocycles. The van der Waals surface area contributed by atoms with Gasteiger partial charge in [-0.15, -0.1) is 0 Å². The minimum absolute atomic E-state index is 0.102. The second-order valence-corrected chi connectivity index (χ2v) is 6.61. The SMILES string of the molecule is CCC(O)c1cccc(S(=O)(=O)N(C)C(C)C)c1. The first kappa shape index (κ1) is 15.1. The van der Waals surface area contributed by atoms with Crippen molar-refractivity contribution in [2.75, 3.05) is 7.05 Å². The van der Waals surface area contributed by atoms with E-state index in [-0.39, 0.29) is 10.9 Å². The highest BCUT2D eigenvalue weighted by Gasteiger charge is 2.23. The molecule has 1 unspecified atom stereocenters. The van der Waals surface area contributed by atoms with Gasteiger partial charge in [-0.1, -0.05) is 19.1 Å². The zero-order valence-electron chi connectivity index (χ0n) is 11.3. The van der Waals surface area contributed by atoms with Gasteiger partial charge in [0, 0.05) is 13.1 Å². The van der Waals surface area contributed by atoms with Crippen molar-refractivity contribution in [1.82, 2.24) is 4.31 Å². The first-order valence-electron chi connectivity index (χ1n) is 6.06. The standard InChI is InChI=1S/C13H21NO3S/c1-5-13(15)11-7-6-8-12(9-11)18(16,17)14(4)10(2)3/h6-10,13,15H,5H2,1-4H3. The summed E-state index contributed by atoms with van der Waals surface area (Å²) in [4.78, 5) is 0.226. The maximum Gasteiger partial charge on any atom is 0.243 e. The molecule has 0 aliphatic heterocycles. The van der Waals surface area contributed by atoms with Gasteiger partial charge >= 0.3 is 0 Å². The summed E-state index contributed by atoms with van der Waals surface area (Å²) in [7, 11) is -1.92. The number of benzene rings is 1. The van der Waals surface area contributed by atoms with Gasteiger partial charge < -0.3 is 5.11 Å². The van der Waals surface area contributed by atoms with E-state index in [9.17, 15) is 13.5 Å². The average molecular weight is 271 g/mol. The van der Waals surface area contributed by atoms with Crippen LogP contribution >= 0.6 is 0 Å². The summed E-state index contributed by atoms with van der Waals surface area (Å²) in [5.74, 6) is 0. The quantitative estimate of drug-likeness (QED) is 0.893. The van der Waals surface area contributed by atoms with E-state index in [0.29, 0.717) is 12.0 Å². The molecular weight excluding hydrogens is 250 g/mol. The predicted octanol–water partition coefficient (Wildman–Crippen LogP) is 2.16. The first-order valence-corrected chi connectivity index (χ1v) is 7.50. The molecule has 1 aromatic carbocycles. The number of sulfonamides is 1. The van der Waals surface area contributed by atoms with Gasteiger partial charge in [0.2, 0.25) is 10.0 Å². The number of hydrogen-bond acceptors (Lipinski definition) is 3. The molecule has 18 heavy (non-hydrogen) atoms. The van der Waals surface area contributed by atoms with Crippen LogP contribution in [0.2, 0.25) is 0 Å². The van der Waals surface area contributed by atoms with Crippen LogP contribution in [0, 0.1) is 0 Å². The number of nitrogens with zero attached hydrogens (tertiary/aromatic N) is 1. The predicted molar refractivity (Wildman–Crippen MR) is 71.8 cm³/mol. The van der Waals surface area contributed by atoms with Crippen LogP contribution in [-0.4, -0.2) is 30.9 Å². The first-order chi connectivity index (χ1) is 8.30. The Morgan fingerprint density at radius 2 is 1.94 bits per heavy atom. The van der Waals surface area contributed by atoms with Gasteiger partial charge in [-0.2, -0.15) is 4.31 Å². The smallest absolute Gasteiger partial charge is 0.243 e. The van der Waals surface area contributed by atoms with Crippen molar-refractivity contribution < 1.29 is 13.5 Å². The Kier molecular flexibility index (Phi) is 4.90. The lowest BCUT2D eigenvalue weighted by Gasteiger charge is -2.21. The maximum atomic E-state index is 12.3. The molecule has 0 saturated carbocycles. The summed E-state index contributed by atoms with van der Waals surface area (Å²) in [6, 6.07) is 6.40. The normalized spacial score (nSPS) is 14.2. The Labute approximate surface area is 109 Å². The van der Waals surface area contributed by atoms with Crippen LogP contribution in [0.4, 0.5) is 0 Å². The summed E-state index contributed by atoms with van der Waals surface area (Å²) in [5.41, 5.74) is 0.635. The molecule has 0 aliphatic rings. The van der Waals surface area contributed by atoms with E-state index in [1.807, 2.05) is 20.8 Å². The highest BCUT2D eigenvalue weighted by Crippen LogP contribution is 2.22. The fourth-order valence-electron chi connectivity index (χ4n) is 1.56. The van der Waals surface area contributed by atoms with Crippen LogP contribution in [0.15, 0.2) is 29.2 Å². The second kappa shape index (κ2) is 5.82. The molecule has 1 N–H and O–H groups in total. The average Bonchev–Trinajstić information content (AvgIpc) is 2.36. The molecule has 0 bridgehead atoms. The number of aliphatic hydroxyl groups excluding tert-OH is 1. The van der Waals surface area contributed by atoms with Crippen molar-refractivity contribution >= 4 is 10.0 Å². The highest BCUT2D eigenvalue weighted by atomic mass is 32.2. The Morgan fingerprint density at radius 3 is 2.44 bits per heavy atom. The number of hydrogen-bond donors (Lipinski definition) is 1. The molecule has 0 fully saturated rings. The fourth-order valence-corrected chi connectivity index (χ4v) is 2.98. The third-order valence-electron chi connectivity index (χ3n) is 3.03. The van der Waals surface area contributed by atoms with E-state index in [2.05, 4.69) is 0 Å². The van der Waals surface area contributed by atoms with E-state index in [1.54, 1.807) is 31.3 Å². The van der Waals surface area contributed by atoms with E-state index in [1.165, 1.54) is 4.31 Å². The van der Waals surface area contributed by atoms with Gasteiger partial charge in [-0.3, -0.25) is 0 Å². The summed E-state index contributed by atoms with van der Waals surface area (Å²) >= 11 is 0. The molecule has 4 nitrogen and oxygen atoms in total. The topological polar surface area (TPSA) is 57.6 Å². The zero-order chi connectivity index (χ0) is 13.9. The maximum absolute atomic E-state index is 12.3. The third-order valence-corrected chi connectivity index (χ3v) is 5.06. The molecule has 0 saturated heterocycles. The molecule has 102 valence electrons. The van der Waals surface area contributed by atoms with Gasteiger partial charge in [-0.05, 0) is 38.0 Å². The number of aliphatic hydroxyl groups is 1. The van der Waals surface area contributed by atoms with E-state index in [0.717, 1.165) is 0 Å². The van der Waals surface area contributed by atoms with Crippen molar-refractivity contribution in [3.05, 3.63) is 29.8 Å². The zero-order valence-corrected chi connectivity index (χ0v) is 12.1. The molecule has 0 aromatic heterocycles. The summed E-state index contributed by atoms with van der Waals surface area (Å²) in [6.07, 6.45) is -0.0618. The van der Waals surface area contributed by atoms with Crippen molar-refractivity contribution in [3.63, 3.8) is 0 Å². The lowest BCUT2D eigenvalue weighted by molar-refractivity contribution is 0.173. The van der Waals surface area contributed by atoms with Crippen molar-refractivity contribution in [2.45, 2.75) is 44.2 Å². The van der Waals surface area contributed by atoms with E-state index < -0.39 is 16.1 Å². The Hall–Kier alpha value is -0.910. The minimum atomic E-state index is -3.48. The Morgan fingerprint density at radius 1 is 1.33 bits per heavy atom. The summed E-state index contributed by atoms with van der Waals surface area (Å²) < 4.78 is 25.9. The van der Waals surface area contributed by atoms with Crippen molar-refractivity contribution in [1.29, 1.82) is 0 Å². The molecular formula is C13H21NO3S. The lowest BCUT2D eigenvalue weighted by atomic mass is 10.1. The van der Waals surface area contributed by atoms with Crippen LogP contribution in [0.25, 0.3) is 0 Å². The molecule has 1 aromatic rings. The monoisotopic (exact) mass is 271 g/mol. The molecule has 0 radical (unpaired) electrons. The van der Waals surface area contributed by atoms with Crippen LogP contribution in [0.3, 0.4) is 0 Å². The highest BCUT2D eigenvalue weighted by molar-refractivity contribution is 7.89. The Balaban J connectivity index is 3.18. The van der Waals surface area contributed by atoms with E-state index >= 15 is 0 Å². The number of rotatable bonds is 5. The van der Waals surface area contributed by atoms with E-state index in [4.69, 9.17) is 0 Å². The molecule has 1 atom stereocenters. The fraction of sp³-hybridized carbons (Fsp3) is 0.538. The van der Waals surface area contributed by atoms with Crippen molar-refractivity contribution in [2.24, 2.45) is 0 Å². The molecule has 1 rings (SSSR count). The van der Waals surface area contributed by atoms with Gasteiger partial charge in [-0.25, -0.2) is 8.42 Å². The minimum Gasteiger partial charge on any atom is -0.388 e. The molecule has 0 amide bonds. The van der Waals surface area contributed by atoms with Gasteiger partial charge in [0.1, 0.15) is 0 Å². The van der Waals surface area contributed by atoms with Gasteiger partial charge in [0.25, 0.3) is 0 Å². The van der Waals surface area contributed by atoms with Crippen LogP contribution in [-0.2, 0) is 10.0 Å².